The number of aryl methyl sites for hydroxylation is 1. The standard InChI is InChI=1S/C17H23NO2S/c1-13-4-2-3-5-15(13)16-6-8-18(9-11-21-16)17(19)14-7-10-20-12-14/h2-5,14,16H,6-12H2,1H3. The maximum Gasteiger partial charge on any atom is 0.228 e. The van der Waals surface area contributed by atoms with Crippen molar-refractivity contribution in [3.63, 3.8) is 0 Å². The van der Waals surface area contributed by atoms with Crippen LogP contribution in [0.3, 0.4) is 0 Å². The minimum atomic E-state index is 0.102. The lowest BCUT2D eigenvalue weighted by Gasteiger charge is -2.23. The van der Waals surface area contributed by atoms with Gasteiger partial charge in [-0.3, -0.25) is 4.79 Å². The van der Waals surface area contributed by atoms with Crippen molar-refractivity contribution in [2.24, 2.45) is 5.92 Å². The topological polar surface area (TPSA) is 29.5 Å². The van der Waals surface area contributed by atoms with Gasteiger partial charge < -0.3 is 9.64 Å². The summed E-state index contributed by atoms with van der Waals surface area (Å²) in [6.07, 6.45) is 1.94. The lowest BCUT2D eigenvalue weighted by atomic mass is 10.0. The molecule has 1 amide bonds. The Balaban J connectivity index is 1.64. The van der Waals surface area contributed by atoms with Crippen LogP contribution in [-0.2, 0) is 9.53 Å². The van der Waals surface area contributed by atoms with E-state index in [9.17, 15) is 4.79 Å². The fraction of sp³-hybridized carbons (Fsp3) is 0.588. The van der Waals surface area contributed by atoms with Crippen molar-refractivity contribution >= 4 is 17.7 Å². The molecule has 2 atom stereocenters. The van der Waals surface area contributed by atoms with Crippen LogP contribution in [0.4, 0.5) is 0 Å². The molecule has 2 unspecified atom stereocenters. The van der Waals surface area contributed by atoms with Gasteiger partial charge in [0.15, 0.2) is 0 Å². The van der Waals surface area contributed by atoms with Crippen molar-refractivity contribution in [1.82, 2.24) is 4.90 Å². The predicted molar refractivity (Wildman–Crippen MR) is 86.5 cm³/mol. The number of hydrogen-bond acceptors (Lipinski definition) is 3. The van der Waals surface area contributed by atoms with Gasteiger partial charge in [-0.25, -0.2) is 0 Å². The summed E-state index contributed by atoms with van der Waals surface area (Å²) in [5.74, 6) is 1.43. The minimum absolute atomic E-state index is 0.102. The van der Waals surface area contributed by atoms with Gasteiger partial charge in [-0.05, 0) is 30.9 Å². The zero-order valence-corrected chi connectivity index (χ0v) is 13.4. The molecule has 2 aliphatic heterocycles. The molecule has 0 bridgehead atoms. The van der Waals surface area contributed by atoms with Crippen LogP contribution in [-0.4, -0.2) is 42.9 Å². The van der Waals surface area contributed by atoms with Crippen LogP contribution in [0.2, 0.25) is 0 Å². The summed E-state index contributed by atoms with van der Waals surface area (Å²) in [6.45, 7) is 5.29. The number of benzene rings is 1. The van der Waals surface area contributed by atoms with Gasteiger partial charge >= 0.3 is 0 Å². The number of ether oxygens (including phenoxy) is 1. The molecule has 0 N–H and O–H groups in total. The maximum atomic E-state index is 12.5. The monoisotopic (exact) mass is 305 g/mol. The molecule has 0 spiro atoms. The first-order valence-corrected chi connectivity index (χ1v) is 8.84. The number of rotatable bonds is 2. The molecular weight excluding hydrogens is 282 g/mol. The fourth-order valence-corrected chi connectivity index (χ4v) is 4.50. The van der Waals surface area contributed by atoms with Crippen molar-refractivity contribution < 1.29 is 9.53 Å². The normalized spacial score (nSPS) is 26.6. The van der Waals surface area contributed by atoms with Crippen LogP contribution >= 0.6 is 11.8 Å². The second kappa shape index (κ2) is 6.84. The molecule has 0 saturated carbocycles. The Morgan fingerprint density at radius 2 is 2.14 bits per heavy atom. The summed E-state index contributed by atoms with van der Waals surface area (Å²) < 4.78 is 5.35. The molecule has 114 valence electrons. The van der Waals surface area contributed by atoms with Gasteiger partial charge in [0.2, 0.25) is 5.91 Å². The molecule has 2 saturated heterocycles. The van der Waals surface area contributed by atoms with Gasteiger partial charge in [-0.1, -0.05) is 24.3 Å². The van der Waals surface area contributed by atoms with E-state index in [1.165, 1.54) is 11.1 Å². The first-order valence-electron chi connectivity index (χ1n) is 7.79. The maximum absolute atomic E-state index is 12.5. The third kappa shape index (κ3) is 3.43. The lowest BCUT2D eigenvalue weighted by molar-refractivity contribution is -0.135. The Morgan fingerprint density at radius 3 is 2.90 bits per heavy atom. The molecule has 2 aliphatic rings. The number of hydrogen-bond donors (Lipinski definition) is 0. The average Bonchev–Trinajstić information content (AvgIpc) is 2.92. The summed E-state index contributed by atoms with van der Waals surface area (Å²) in [7, 11) is 0. The van der Waals surface area contributed by atoms with Gasteiger partial charge in [-0.2, -0.15) is 11.8 Å². The van der Waals surface area contributed by atoms with E-state index in [1.54, 1.807) is 0 Å². The predicted octanol–water partition coefficient (Wildman–Crippen LogP) is 3.04. The third-order valence-electron chi connectivity index (χ3n) is 4.47. The van der Waals surface area contributed by atoms with E-state index in [4.69, 9.17) is 4.74 Å². The number of nitrogens with zero attached hydrogens (tertiary/aromatic N) is 1. The zero-order valence-electron chi connectivity index (χ0n) is 12.6. The Labute approximate surface area is 131 Å². The molecule has 0 radical (unpaired) electrons. The van der Waals surface area contributed by atoms with Gasteiger partial charge in [0.25, 0.3) is 0 Å². The second-order valence-electron chi connectivity index (χ2n) is 5.89. The van der Waals surface area contributed by atoms with Gasteiger partial charge in [-0.15, -0.1) is 0 Å². The van der Waals surface area contributed by atoms with E-state index in [2.05, 4.69) is 36.1 Å². The summed E-state index contributed by atoms with van der Waals surface area (Å²) in [5.41, 5.74) is 2.79. The molecular formula is C17H23NO2S. The van der Waals surface area contributed by atoms with Gasteiger partial charge in [0, 0.05) is 30.7 Å². The van der Waals surface area contributed by atoms with Crippen LogP contribution in [0.5, 0.6) is 0 Å². The summed E-state index contributed by atoms with van der Waals surface area (Å²) >= 11 is 1.99. The van der Waals surface area contributed by atoms with Crippen LogP contribution in [0, 0.1) is 12.8 Å². The van der Waals surface area contributed by atoms with Gasteiger partial charge in [0.05, 0.1) is 12.5 Å². The van der Waals surface area contributed by atoms with E-state index in [0.717, 1.165) is 38.3 Å². The average molecular weight is 305 g/mol. The largest absolute Gasteiger partial charge is 0.381 e. The minimum Gasteiger partial charge on any atom is -0.381 e. The first-order chi connectivity index (χ1) is 10.3. The SMILES string of the molecule is Cc1ccccc1C1CCN(C(=O)C2CCOC2)CCS1. The number of carbonyl (C=O) groups is 1. The molecule has 0 aliphatic carbocycles. The summed E-state index contributed by atoms with van der Waals surface area (Å²) in [6, 6.07) is 8.62. The number of amides is 1. The zero-order chi connectivity index (χ0) is 14.7. The van der Waals surface area contributed by atoms with Crippen molar-refractivity contribution in [2.45, 2.75) is 25.0 Å². The van der Waals surface area contributed by atoms with Crippen molar-refractivity contribution in [3.05, 3.63) is 35.4 Å². The Hall–Kier alpha value is -1.000. The highest BCUT2D eigenvalue weighted by Gasteiger charge is 2.30. The van der Waals surface area contributed by atoms with Crippen molar-refractivity contribution in [1.29, 1.82) is 0 Å². The summed E-state index contributed by atoms with van der Waals surface area (Å²) in [5, 5.41) is 0.517. The molecule has 2 fully saturated rings. The van der Waals surface area contributed by atoms with Crippen LogP contribution < -0.4 is 0 Å². The molecule has 2 heterocycles. The Kier molecular flexibility index (Phi) is 4.86. The summed E-state index contributed by atoms with van der Waals surface area (Å²) in [4.78, 5) is 14.6. The van der Waals surface area contributed by atoms with E-state index in [-0.39, 0.29) is 5.92 Å². The van der Waals surface area contributed by atoms with Crippen molar-refractivity contribution in [2.75, 3.05) is 32.1 Å². The smallest absolute Gasteiger partial charge is 0.228 e. The molecule has 3 nitrogen and oxygen atoms in total. The van der Waals surface area contributed by atoms with Crippen molar-refractivity contribution in [3.8, 4) is 0 Å². The molecule has 1 aromatic carbocycles. The molecule has 0 aromatic heterocycles. The van der Waals surface area contributed by atoms with Crippen LogP contribution in [0.1, 0.15) is 29.2 Å². The number of carbonyl (C=O) groups excluding carboxylic acids is 1. The highest BCUT2D eigenvalue weighted by molar-refractivity contribution is 7.99. The Morgan fingerprint density at radius 1 is 1.29 bits per heavy atom. The first kappa shape index (κ1) is 14.9. The van der Waals surface area contributed by atoms with Gasteiger partial charge in [0.1, 0.15) is 0 Å². The quantitative estimate of drug-likeness (QED) is 0.841. The third-order valence-corrected chi connectivity index (χ3v) is 5.78. The lowest BCUT2D eigenvalue weighted by Crippen LogP contribution is -2.37. The van der Waals surface area contributed by atoms with E-state index in [1.807, 2.05) is 11.8 Å². The molecule has 3 rings (SSSR count). The molecule has 1 aromatic rings. The molecule has 21 heavy (non-hydrogen) atoms. The molecule has 4 heteroatoms. The highest BCUT2D eigenvalue weighted by Crippen LogP contribution is 2.36. The second-order valence-corrected chi connectivity index (χ2v) is 7.20. The highest BCUT2D eigenvalue weighted by atomic mass is 32.2. The van der Waals surface area contributed by atoms with E-state index in [0.29, 0.717) is 17.8 Å². The van der Waals surface area contributed by atoms with Crippen LogP contribution in [0.15, 0.2) is 24.3 Å². The van der Waals surface area contributed by atoms with E-state index >= 15 is 0 Å². The number of thioether (sulfide) groups is 1. The fourth-order valence-electron chi connectivity index (χ4n) is 3.17. The van der Waals surface area contributed by atoms with E-state index < -0.39 is 0 Å². The van der Waals surface area contributed by atoms with Crippen LogP contribution in [0.25, 0.3) is 0 Å². The Bertz CT molecular complexity index is 499.